The number of rotatable bonds is 8. The molecule has 102 valence electrons. The molecule has 5 nitrogen and oxygen atoms in total. The lowest BCUT2D eigenvalue weighted by molar-refractivity contribution is -0.124. The zero-order chi connectivity index (χ0) is 14.0. The molecule has 18 heavy (non-hydrogen) atoms. The van der Waals surface area contributed by atoms with Gasteiger partial charge in [0.1, 0.15) is 0 Å². The van der Waals surface area contributed by atoms with Gasteiger partial charge in [-0.05, 0) is 13.3 Å². The summed E-state index contributed by atoms with van der Waals surface area (Å²) < 4.78 is 0. The van der Waals surface area contributed by atoms with Crippen molar-refractivity contribution in [3.8, 4) is 0 Å². The maximum atomic E-state index is 11.6. The van der Waals surface area contributed by atoms with Crippen LogP contribution in [0, 0.1) is 0 Å². The third-order valence-corrected chi connectivity index (χ3v) is 2.41. The van der Waals surface area contributed by atoms with E-state index in [1.165, 1.54) is 0 Å². The van der Waals surface area contributed by atoms with Crippen molar-refractivity contribution in [2.24, 2.45) is 10.7 Å². The van der Waals surface area contributed by atoms with E-state index >= 15 is 0 Å². The Bertz CT molecular complexity index is 340. The minimum atomic E-state index is -0.681. The topological polar surface area (TPSA) is 84.5 Å². The van der Waals surface area contributed by atoms with E-state index in [0.717, 1.165) is 18.5 Å². The lowest BCUT2D eigenvalue weighted by Crippen LogP contribution is -2.42. The Balaban J connectivity index is 4.22. The Labute approximate surface area is 111 Å². The van der Waals surface area contributed by atoms with Crippen LogP contribution in [0.1, 0.15) is 33.1 Å². The molecular weight excluding hydrogens is 249 g/mol. The molecule has 1 amide bonds. The van der Waals surface area contributed by atoms with Crippen LogP contribution in [0.4, 0.5) is 0 Å². The average molecular weight is 271 g/mol. The zero-order valence-electron chi connectivity index (χ0n) is 11.0. The highest BCUT2D eigenvalue weighted by molar-refractivity contribution is 7.40. The van der Waals surface area contributed by atoms with Gasteiger partial charge in [-0.15, -0.1) is 0 Å². The molecule has 2 unspecified atom stereocenters. The van der Waals surface area contributed by atoms with E-state index in [4.69, 9.17) is 5.73 Å². The molecule has 0 aliphatic carbocycles. The lowest BCUT2D eigenvalue weighted by atomic mass is 10.1. The van der Waals surface area contributed by atoms with Crippen LogP contribution in [-0.2, 0) is 9.59 Å². The van der Waals surface area contributed by atoms with Gasteiger partial charge in [-0.25, -0.2) is 0 Å². The molecule has 3 N–H and O–H groups in total. The first-order valence-electron chi connectivity index (χ1n) is 6.00. The second-order valence-corrected chi connectivity index (χ2v) is 4.52. The summed E-state index contributed by atoms with van der Waals surface area (Å²) in [4.78, 5) is 26.5. The number of hydrogen-bond acceptors (Lipinski definition) is 4. The molecule has 0 bridgehead atoms. The number of nitrogens with one attached hydrogen (secondary N) is 1. The van der Waals surface area contributed by atoms with Crippen LogP contribution >= 0.6 is 9.24 Å². The van der Waals surface area contributed by atoms with E-state index in [1.54, 1.807) is 0 Å². The van der Waals surface area contributed by atoms with Gasteiger partial charge in [-0.3, -0.25) is 14.6 Å². The quantitative estimate of drug-likeness (QED) is 0.510. The van der Waals surface area contributed by atoms with Crippen LogP contribution in [0.2, 0.25) is 0 Å². The fraction of sp³-hybridized carbons (Fsp3) is 0.583. The summed E-state index contributed by atoms with van der Waals surface area (Å²) in [7, 11) is 2.00. The maximum absolute atomic E-state index is 11.6. The van der Waals surface area contributed by atoms with Crippen LogP contribution < -0.4 is 11.1 Å². The molecule has 0 saturated heterocycles. The molecular formula is C12H22N3O2P. The van der Waals surface area contributed by atoms with E-state index in [-0.39, 0.29) is 18.0 Å². The summed E-state index contributed by atoms with van der Waals surface area (Å²) in [5.41, 5.74) is 6.34. The number of carbonyl (C=O) groups excluding carboxylic acids is 2. The molecule has 0 aromatic heterocycles. The Hall–Kier alpha value is -1.06. The highest BCUT2D eigenvalue weighted by Crippen LogP contribution is 2.06. The summed E-state index contributed by atoms with van der Waals surface area (Å²) in [6, 6.07) is -0.681. The van der Waals surface area contributed by atoms with Gasteiger partial charge in [0, 0.05) is 18.3 Å². The SMILES string of the molecule is C/C=C(/CC(N)C(=O)NCC(=O)P)N=CCCC. The number of hydrogen-bond donors (Lipinski definition) is 2. The molecule has 0 aliphatic heterocycles. The standard InChI is InChI=1S/C12H22N3O2P/c1-3-5-6-14-9(4-2)7-10(13)12(17)15-8-11(16)18/h4,6,10H,3,5,7-8,13,18H2,1-2H3,(H,15,17)/b9-4-,14-6?. The third-order valence-electron chi connectivity index (χ3n) is 2.21. The van der Waals surface area contributed by atoms with Crippen molar-refractivity contribution in [2.45, 2.75) is 39.2 Å². The van der Waals surface area contributed by atoms with Gasteiger partial charge < -0.3 is 11.1 Å². The van der Waals surface area contributed by atoms with Crippen LogP contribution in [0.5, 0.6) is 0 Å². The van der Waals surface area contributed by atoms with Crippen molar-refractivity contribution in [1.82, 2.24) is 5.32 Å². The van der Waals surface area contributed by atoms with Gasteiger partial charge in [0.25, 0.3) is 0 Å². The predicted octanol–water partition coefficient (Wildman–Crippen LogP) is 0.996. The molecule has 0 spiro atoms. The normalized spacial score (nSPS) is 13.7. The number of nitrogens with zero attached hydrogens (tertiary/aromatic N) is 1. The first-order chi connectivity index (χ1) is 8.51. The van der Waals surface area contributed by atoms with Gasteiger partial charge in [0.2, 0.25) is 5.91 Å². The van der Waals surface area contributed by atoms with E-state index in [1.807, 2.05) is 28.5 Å². The molecule has 2 atom stereocenters. The van der Waals surface area contributed by atoms with Gasteiger partial charge in [-0.2, -0.15) is 0 Å². The highest BCUT2D eigenvalue weighted by atomic mass is 31.0. The van der Waals surface area contributed by atoms with Crippen molar-refractivity contribution in [2.75, 3.05) is 6.54 Å². The largest absolute Gasteiger partial charge is 0.347 e. The van der Waals surface area contributed by atoms with E-state index < -0.39 is 6.04 Å². The smallest absolute Gasteiger partial charge is 0.237 e. The zero-order valence-corrected chi connectivity index (χ0v) is 12.1. The van der Waals surface area contributed by atoms with Crippen LogP contribution in [0.15, 0.2) is 16.8 Å². The molecule has 0 saturated carbocycles. The fourth-order valence-corrected chi connectivity index (χ4v) is 1.28. The van der Waals surface area contributed by atoms with Crippen molar-refractivity contribution in [3.63, 3.8) is 0 Å². The molecule has 0 heterocycles. The lowest BCUT2D eigenvalue weighted by Gasteiger charge is -2.11. The van der Waals surface area contributed by atoms with E-state index in [9.17, 15) is 9.59 Å². The van der Waals surface area contributed by atoms with E-state index in [0.29, 0.717) is 6.42 Å². The van der Waals surface area contributed by atoms with Gasteiger partial charge >= 0.3 is 0 Å². The minimum Gasteiger partial charge on any atom is -0.347 e. The van der Waals surface area contributed by atoms with Crippen molar-refractivity contribution >= 4 is 26.9 Å². The van der Waals surface area contributed by atoms with Crippen LogP contribution in [-0.4, -0.2) is 30.2 Å². The number of carbonyl (C=O) groups is 2. The second-order valence-electron chi connectivity index (χ2n) is 3.88. The number of unbranched alkanes of at least 4 members (excludes halogenated alkanes) is 1. The maximum Gasteiger partial charge on any atom is 0.237 e. The summed E-state index contributed by atoms with van der Waals surface area (Å²) >= 11 is 0. The monoisotopic (exact) mass is 271 g/mol. The number of amides is 1. The van der Waals surface area contributed by atoms with Crippen molar-refractivity contribution < 1.29 is 9.59 Å². The average Bonchev–Trinajstić information content (AvgIpc) is 2.34. The Morgan fingerprint density at radius 1 is 1.50 bits per heavy atom. The second kappa shape index (κ2) is 9.92. The molecule has 0 radical (unpaired) electrons. The van der Waals surface area contributed by atoms with Gasteiger partial charge in [0.05, 0.1) is 12.6 Å². The third kappa shape index (κ3) is 8.09. The molecule has 0 aromatic rings. The van der Waals surface area contributed by atoms with Gasteiger partial charge in [-0.1, -0.05) is 28.7 Å². The first kappa shape index (κ1) is 16.9. The van der Waals surface area contributed by atoms with E-state index in [2.05, 4.69) is 17.2 Å². The number of aliphatic imine (C=N–C) groups is 1. The minimum absolute atomic E-state index is 0.0124. The summed E-state index contributed by atoms with van der Waals surface area (Å²) in [6.45, 7) is 3.91. The molecule has 0 aromatic carbocycles. The Kier molecular flexibility index (Phi) is 9.33. The molecule has 0 rings (SSSR count). The number of nitrogens with two attached hydrogens (primary N) is 1. The molecule has 0 fully saturated rings. The summed E-state index contributed by atoms with van der Waals surface area (Å²) in [5.74, 6) is -0.337. The Morgan fingerprint density at radius 2 is 2.17 bits per heavy atom. The number of allylic oxidation sites excluding steroid dienone is 1. The van der Waals surface area contributed by atoms with Crippen molar-refractivity contribution in [1.29, 1.82) is 0 Å². The van der Waals surface area contributed by atoms with Crippen molar-refractivity contribution in [3.05, 3.63) is 11.8 Å². The highest BCUT2D eigenvalue weighted by Gasteiger charge is 2.14. The van der Waals surface area contributed by atoms with Crippen LogP contribution in [0.25, 0.3) is 0 Å². The van der Waals surface area contributed by atoms with Gasteiger partial charge in [0.15, 0.2) is 5.52 Å². The summed E-state index contributed by atoms with van der Waals surface area (Å²) in [5, 5.41) is 2.47. The molecule has 0 aliphatic rings. The Morgan fingerprint density at radius 3 is 2.67 bits per heavy atom. The fourth-order valence-electron chi connectivity index (χ4n) is 1.18. The van der Waals surface area contributed by atoms with Crippen LogP contribution in [0.3, 0.4) is 0 Å². The molecule has 6 heteroatoms. The summed E-state index contributed by atoms with van der Waals surface area (Å²) in [6.07, 6.45) is 5.96. The predicted molar refractivity (Wildman–Crippen MR) is 77.5 cm³/mol. The first-order valence-corrected chi connectivity index (χ1v) is 6.58.